The Bertz CT molecular complexity index is 873. The number of nitrogens with zero attached hydrogens (tertiary/aromatic N) is 2. The number of benzene rings is 1. The van der Waals surface area contributed by atoms with Gasteiger partial charge in [-0.2, -0.15) is 0 Å². The Morgan fingerprint density at radius 1 is 1.00 bits per heavy atom. The maximum absolute atomic E-state index is 13.9. The number of pyridine rings is 2. The summed E-state index contributed by atoms with van der Waals surface area (Å²) in [4.78, 5) is 20.6. The van der Waals surface area contributed by atoms with E-state index in [-0.39, 0.29) is 6.42 Å². The maximum Gasteiger partial charge on any atom is 0.242 e. The van der Waals surface area contributed by atoms with Crippen molar-refractivity contribution in [2.45, 2.75) is 18.5 Å². The van der Waals surface area contributed by atoms with Crippen LogP contribution in [0.5, 0.6) is 0 Å². The minimum atomic E-state index is -1.26. The monoisotopic (exact) mass is 350 g/mol. The highest BCUT2D eigenvalue weighted by atomic mass is 19.1. The summed E-state index contributed by atoms with van der Waals surface area (Å²) in [7, 11) is 0. The van der Waals surface area contributed by atoms with Gasteiger partial charge in [-0.3, -0.25) is 20.1 Å². The Hall–Kier alpha value is -3.12. The smallest absolute Gasteiger partial charge is 0.242 e. The summed E-state index contributed by atoms with van der Waals surface area (Å²) in [6.07, 6.45) is 6.92. The molecule has 0 radical (unpaired) electrons. The first-order valence-electron chi connectivity index (χ1n) is 8.19. The van der Waals surface area contributed by atoms with Gasteiger partial charge in [0.25, 0.3) is 0 Å². The summed E-state index contributed by atoms with van der Waals surface area (Å²) in [6.45, 7) is 0.382. The number of aromatic nitrogens is 2. The molecule has 0 aliphatic rings. The van der Waals surface area contributed by atoms with Crippen molar-refractivity contribution in [1.82, 2.24) is 15.3 Å². The largest absolute Gasteiger partial charge is 0.368 e. The first-order chi connectivity index (χ1) is 12.6. The quantitative estimate of drug-likeness (QED) is 0.685. The van der Waals surface area contributed by atoms with Crippen molar-refractivity contribution in [3.8, 4) is 0 Å². The number of hydrogen-bond acceptors (Lipinski definition) is 4. The predicted molar refractivity (Wildman–Crippen MR) is 96.3 cm³/mol. The first-order valence-corrected chi connectivity index (χ1v) is 8.19. The molecule has 5 nitrogen and oxygen atoms in total. The number of halogens is 1. The molecule has 0 bridgehead atoms. The molecule has 0 spiro atoms. The van der Waals surface area contributed by atoms with E-state index in [1.807, 2.05) is 24.3 Å². The molecule has 3 rings (SSSR count). The predicted octanol–water partition coefficient (Wildman–Crippen LogP) is 2.33. The average molecular weight is 350 g/mol. The number of hydrogen-bond donors (Lipinski definition) is 2. The van der Waals surface area contributed by atoms with Gasteiger partial charge in [0, 0.05) is 37.8 Å². The fraction of sp³-hybridized carbons (Fsp3) is 0.150. The minimum absolute atomic E-state index is 0.277. The normalized spacial score (nSPS) is 13.1. The van der Waals surface area contributed by atoms with E-state index < -0.39 is 17.3 Å². The fourth-order valence-electron chi connectivity index (χ4n) is 2.90. The fourth-order valence-corrected chi connectivity index (χ4v) is 2.90. The molecular weight excluding hydrogens is 331 g/mol. The van der Waals surface area contributed by atoms with Gasteiger partial charge >= 0.3 is 0 Å². The molecule has 0 saturated carbocycles. The molecule has 3 aromatic rings. The number of nitrogens with two attached hydrogens (primary N) is 1. The van der Waals surface area contributed by atoms with E-state index in [1.165, 1.54) is 12.1 Å². The molecule has 1 amide bonds. The summed E-state index contributed by atoms with van der Waals surface area (Å²) in [6, 6.07) is 13.3. The molecule has 132 valence electrons. The van der Waals surface area contributed by atoms with Crippen LogP contribution in [0.25, 0.3) is 0 Å². The van der Waals surface area contributed by atoms with Gasteiger partial charge in [-0.15, -0.1) is 0 Å². The molecule has 2 aromatic heterocycles. The molecule has 0 aliphatic heterocycles. The molecule has 6 heteroatoms. The van der Waals surface area contributed by atoms with Crippen molar-refractivity contribution in [3.63, 3.8) is 0 Å². The van der Waals surface area contributed by atoms with E-state index in [2.05, 4.69) is 15.3 Å². The molecule has 0 saturated heterocycles. The van der Waals surface area contributed by atoms with Crippen LogP contribution in [-0.2, 0) is 23.3 Å². The number of primary amides is 1. The van der Waals surface area contributed by atoms with Gasteiger partial charge in [-0.1, -0.05) is 12.1 Å². The van der Waals surface area contributed by atoms with E-state index in [4.69, 9.17) is 5.73 Å². The number of rotatable bonds is 7. The Morgan fingerprint density at radius 2 is 1.62 bits per heavy atom. The van der Waals surface area contributed by atoms with Crippen molar-refractivity contribution in [2.24, 2.45) is 5.73 Å². The van der Waals surface area contributed by atoms with Crippen molar-refractivity contribution >= 4 is 5.91 Å². The van der Waals surface area contributed by atoms with E-state index in [1.54, 1.807) is 36.9 Å². The second-order valence-electron chi connectivity index (χ2n) is 6.02. The highest BCUT2D eigenvalue weighted by Crippen LogP contribution is 2.27. The topological polar surface area (TPSA) is 80.9 Å². The van der Waals surface area contributed by atoms with E-state index in [9.17, 15) is 9.18 Å². The van der Waals surface area contributed by atoms with Crippen LogP contribution in [0.2, 0.25) is 0 Å². The lowest BCUT2D eigenvalue weighted by Gasteiger charge is -2.33. The van der Waals surface area contributed by atoms with Gasteiger partial charge in [-0.25, -0.2) is 4.39 Å². The van der Waals surface area contributed by atoms with E-state index in [0.29, 0.717) is 12.1 Å². The van der Waals surface area contributed by atoms with Crippen LogP contribution in [0.15, 0.2) is 73.3 Å². The van der Waals surface area contributed by atoms with Crippen molar-refractivity contribution < 1.29 is 9.18 Å². The first kappa shape index (κ1) is 17.7. The van der Waals surface area contributed by atoms with Gasteiger partial charge in [0.2, 0.25) is 5.91 Å². The third-order valence-corrected chi connectivity index (χ3v) is 4.30. The zero-order valence-electron chi connectivity index (χ0n) is 14.1. The van der Waals surface area contributed by atoms with Gasteiger partial charge < -0.3 is 5.73 Å². The van der Waals surface area contributed by atoms with Crippen LogP contribution in [0.4, 0.5) is 4.39 Å². The summed E-state index contributed by atoms with van der Waals surface area (Å²) >= 11 is 0. The summed E-state index contributed by atoms with van der Waals surface area (Å²) < 4.78 is 13.9. The molecular formula is C20H19FN4O. The van der Waals surface area contributed by atoms with Gasteiger partial charge in [0.05, 0.1) is 0 Å². The van der Waals surface area contributed by atoms with Crippen molar-refractivity contribution in [1.29, 1.82) is 0 Å². The number of nitrogens with one attached hydrogen (secondary N) is 1. The number of carbonyl (C=O) groups excluding carboxylic acids is 1. The standard InChI is InChI=1S/C20H19FN4O/c21-18-3-1-2-17(12-18)20(19(22)26,13-15-4-8-23-9-5-15)25-14-16-6-10-24-11-7-16/h1-12,25H,13-14H2,(H2,22,26). The lowest BCUT2D eigenvalue weighted by Crippen LogP contribution is -2.54. The molecule has 3 N–H and O–H groups in total. The Labute approximate surface area is 151 Å². The van der Waals surface area contributed by atoms with E-state index in [0.717, 1.165) is 11.1 Å². The summed E-state index contributed by atoms with van der Waals surface area (Å²) in [5.74, 6) is -0.998. The maximum atomic E-state index is 13.9. The Balaban J connectivity index is 2.01. The Morgan fingerprint density at radius 3 is 2.19 bits per heavy atom. The SMILES string of the molecule is NC(=O)C(Cc1ccncc1)(NCc1ccncc1)c1cccc(F)c1. The minimum Gasteiger partial charge on any atom is -0.368 e. The third kappa shape index (κ3) is 3.92. The highest BCUT2D eigenvalue weighted by molar-refractivity contribution is 5.86. The zero-order valence-corrected chi connectivity index (χ0v) is 14.1. The molecule has 2 heterocycles. The lowest BCUT2D eigenvalue weighted by atomic mass is 9.83. The lowest BCUT2D eigenvalue weighted by molar-refractivity contribution is -0.125. The second-order valence-corrected chi connectivity index (χ2v) is 6.02. The van der Waals surface area contributed by atoms with Crippen LogP contribution in [0.3, 0.4) is 0 Å². The van der Waals surface area contributed by atoms with Crippen LogP contribution in [0.1, 0.15) is 16.7 Å². The molecule has 26 heavy (non-hydrogen) atoms. The molecule has 1 aromatic carbocycles. The van der Waals surface area contributed by atoms with Gasteiger partial charge in [0.1, 0.15) is 11.4 Å². The average Bonchev–Trinajstić information content (AvgIpc) is 2.66. The van der Waals surface area contributed by atoms with Gasteiger partial charge in [0.15, 0.2) is 0 Å². The van der Waals surface area contributed by atoms with Crippen LogP contribution >= 0.6 is 0 Å². The molecule has 1 atom stereocenters. The van der Waals surface area contributed by atoms with Crippen LogP contribution in [-0.4, -0.2) is 15.9 Å². The highest BCUT2D eigenvalue weighted by Gasteiger charge is 2.38. The third-order valence-electron chi connectivity index (χ3n) is 4.30. The Kier molecular flexibility index (Phi) is 5.34. The molecule has 0 fully saturated rings. The number of amides is 1. The van der Waals surface area contributed by atoms with Crippen molar-refractivity contribution in [2.75, 3.05) is 0 Å². The van der Waals surface area contributed by atoms with Gasteiger partial charge in [-0.05, 0) is 53.1 Å². The summed E-state index contributed by atoms with van der Waals surface area (Å²) in [5.41, 5.74) is 6.85. The molecule has 0 aliphatic carbocycles. The summed E-state index contributed by atoms with van der Waals surface area (Å²) in [5, 5.41) is 3.25. The van der Waals surface area contributed by atoms with E-state index >= 15 is 0 Å². The molecule has 1 unspecified atom stereocenters. The van der Waals surface area contributed by atoms with Crippen LogP contribution < -0.4 is 11.1 Å². The number of carbonyl (C=O) groups is 1. The second kappa shape index (κ2) is 7.84. The van der Waals surface area contributed by atoms with Crippen LogP contribution in [0, 0.1) is 5.82 Å². The zero-order chi connectivity index (χ0) is 18.4. The van der Waals surface area contributed by atoms with Crippen molar-refractivity contribution in [3.05, 3.63) is 95.8 Å².